The lowest BCUT2D eigenvalue weighted by Crippen LogP contribution is -2.44. The number of amides is 2. The normalized spacial score (nSPS) is 15.4. The molecule has 0 aliphatic carbocycles. The monoisotopic (exact) mass is 411 g/mol. The SMILES string of the molecule is NCCC(=O)Nc1cccc(S(=O)(=O)NCC(=O)N2CCC(CCN)CC2)c1. The summed E-state index contributed by atoms with van der Waals surface area (Å²) in [7, 11) is -3.87. The van der Waals surface area contributed by atoms with Gasteiger partial charge in [-0.3, -0.25) is 9.59 Å². The van der Waals surface area contributed by atoms with Crippen LogP contribution in [0.15, 0.2) is 29.2 Å². The van der Waals surface area contributed by atoms with Crippen molar-refractivity contribution in [1.29, 1.82) is 0 Å². The Morgan fingerprint density at radius 2 is 1.86 bits per heavy atom. The number of sulfonamides is 1. The largest absolute Gasteiger partial charge is 0.342 e. The van der Waals surface area contributed by atoms with Gasteiger partial charge in [-0.05, 0) is 49.9 Å². The quantitative estimate of drug-likeness (QED) is 0.444. The number of hydrogen-bond donors (Lipinski definition) is 4. The molecule has 1 aromatic rings. The molecule has 2 amide bonds. The van der Waals surface area contributed by atoms with Crippen molar-refractivity contribution >= 4 is 27.5 Å². The van der Waals surface area contributed by atoms with E-state index in [9.17, 15) is 18.0 Å². The van der Waals surface area contributed by atoms with Crippen LogP contribution >= 0.6 is 0 Å². The van der Waals surface area contributed by atoms with Gasteiger partial charge in [-0.1, -0.05) is 6.07 Å². The third kappa shape index (κ3) is 6.55. The fourth-order valence-electron chi connectivity index (χ4n) is 3.15. The number of nitrogens with two attached hydrogens (primary N) is 2. The van der Waals surface area contributed by atoms with E-state index in [0.717, 1.165) is 19.3 Å². The Labute approximate surface area is 165 Å². The van der Waals surface area contributed by atoms with Gasteiger partial charge in [0.1, 0.15) is 0 Å². The molecule has 0 radical (unpaired) electrons. The number of nitrogens with one attached hydrogen (secondary N) is 2. The minimum atomic E-state index is -3.87. The lowest BCUT2D eigenvalue weighted by molar-refractivity contribution is -0.131. The van der Waals surface area contributed by atoms with Crippen molar-refractivity contribution < 1.29 is 18.0 Å². The lowest BCUT2D eigenvalue weighted by atomic mass is 9.93. The van der Waals surface area contributed by atoms with Crippen LogP contribution in [0.1, 0.15) is 25.7 Å². The molecule has 0 aromatic heterocycles. The van der Waals surface area contributed by atoms with Gasteiger partial charge in [-0.25, -0.2) is 13.1 Å². The Morgan fingerprint density at radius 1 is 1.14 bits per heavy atom. The van der Waals surface area contributed by atoms with Gasteiger partial charge in [-0.2, -0.15) is 0 Å². The predicted molar refractivity (Wildman–Crippen MR) is 107 cm³/mol. The van der Waals surface area contributed by atoms with Crippen molar-refractivity contribution in [2.24, 2.45) is 17.4 Å². The maximum absolute atomic E-state index is 12.5. The minimum Gasteiger partial charge on any atom is -0.342 e. The number of benzene rings is 1. The van der Waals surface area contributed by atoms with Gasteiger partial charge in [0.25, 0.3) is 0 Å². The van der Waals surface area contributed by atoms with E-state index < -0.39 is 10.0 Å². The molecule has 0 bridgehead atoms. The molecular weight excluding hydrogens is 382 g/mol. The minimum absolute atomic E-state index is 0.0208. The van der Waals surface area contributed by atoms with Crippen LogP contribution < -0.4 is 21.5 Å². The van der Waals surface area contributed by atoms with Gasteiger partial charge in [0.2, 0.25) is 21.8 Å². The zero-order chi connectivity index (χ0) is 20.6. The van der Waals surface area contributed by atoms with E-state index in [1.807, 2.05) is 0 Å². The predicted octanol–water partition coefficient (Wildman–Crippen LogP) is -0.160. The van der Waals surface area contributed by atoms with Crippen LogP contribution in [0.3, 0.4) is 0 Å². The van der Waals surface area contributed by atoms with Crippen LogP contribution in [0.5, 0.6) is 0 Å². The summed E-state index contributed by atoms with van der Waals surface area (Å²) in [6.45, 7) is 1.79. The van der Waals surface area contributed by atoms with E-state index in [-0.39, 0.29) is 36.2 Å². The van der Waals surface area contributed by atoms with Crippen molar-refractivity contribution in [3.05, 3.63) is 24.3 Å². The van der Waals surface area contributed by atoms with Crippen molar-refractivity contribution in [3.63, 3.8) is 0 Å². The molecule has 1 aromatic carbocycles. The number of carbonyl (C=O) groups excluding carboxylic acids is 2. The second-order valence-corrected chi connectivity index (χ2v) is 8.61. The van der Waals surface area contributed by atoms with Crippen LogP contribution in [-0.4, -0.2) is 57.9 Å². The first-order valence-corrected chi connectivity index (χ1v) is 10.9. The van der Waals surface area contributed by atoms with Gasteiger partial charge < -0.3 is 21.7 Å². The first kappa shape index (κ1) is 22.3. The molecule has 0 spiro atoms. The van der Waals surface area contributed by atoms with Crippen LogP contribution in [0.4, 0.5) is 5.69 Å². The molecule has 1 aliphatic rings. The fourth-order valence-corrected chi connectivity index (χ4v) is 4.17. The Bertz CT molecular complexity index is 776. The van der Waals surface area contributed by atoms with E-state index in [2.05, 4.69) is 10.0 Å². The fraction of sp³-hybridized carbons (Fsp3) is 0.556. The molecule has 0 atom stereocenters. The molecule has 1 aliphatic heterocycles. The highest BCUT2D eigenvalue weighted by Gasteiger charge is 2.24. The number of hydrogen-bond acceptors (Lipinski definition) is 6. The average Bonchev–Trinajstić information content (AvgIpc) is 2.67. The number of anilines is 1. The van der Waals surface area contributed by atoms with Gasteiger partial charge in [0, 0.05) is 31.7 Å². The molecule has 0 saturated carbocycles. The molecular formula is C18H29N5O4S. The summed E-state index contributed by atoms with van der Waals surface area (Å²) in [5, 5.41) is 2.59. The maximum Gasteiger partial charge on any atom is 0.241 e. The highest BCUT2D eigenvalue weighted by atomic mass is 32.2. The summed E-state index contributed by atoms with van der Waals surface area (Å²) >= 11 is 0. The van der Waals surface area contributed by atoms with E-state index in [0.29, 0.717) is 31.2 Å². The Hall–Kier alpha value is -2.01. The summed E-state index contributed by atoms with van der Waals surface area (Å²) < 4.78 is 27.3. The lowest BCUT2D eigenvalue weighted by Gasteiger charge is -2.32. The first-order chi connectivity index (χ1) is 13.4. The summed E-state index contributed by atoms with van der Waals surface area (Å²) in [4.78, 5) is 25.6. The number of carbonyl (C=O) groups is 2. The first-order valence-electron chi connectivity index (χ1n) is 9.43. The number of nitrogens with zero attached hydrogens (tertiary/aromatic N) is 1. The van der Waals surface area contributed by atoms with Crippen molar-refractivity contribution in [2.45, 2.75) is 30.6 Å². The summed E-state index contributed by atoms with van der Waals surface area (Å²) in [5.74, 6) is -0.0108. The molecule has 2 rings (SSSR count). The van der Waals surface area contributed by atoms with Gasteiger partial charge in [0.15, 0.2) is 0 Å². The van der Waals surface area contributed by atoms with E-state index in [4.69, 9.17) is 11.5 Å². The molecule has 1 heterocycles. The second kappa shape index (κ2) is 10.5. The molecule has 1 saturated heterocycles. The van der Waals surface area contributed by atoms with Crippen LogP contribution in [0.25, 0.3) is 0 Å². The van der Waals surface area contributed by atoms with Gasteiger partial charge >= 0.3 is 0 Å². The van der Waals surface area contributed by atoms with Crippen LogP contribution in [0.2, 0.25) is 0 Å². The Morgan fingerprint density at radius 3 is 2.50 bits per heavy atom. The van der Waals surface area contributed by atoms with Crippen molar-refractivity contribution in [1.82, 2.24) is 9.62 Å². The molecule has 0 unspecified atom stereocenters. The van der Waals surface area contributed by atoms with E-state index in [1.165, 1.54) is 18.2 Å². The maximum atomic E-state index is 12.5. The third-order valence-electron chi connectivity index (χ3n) is 4.76. The summed E-state index contributed by atoms with van der Waals surface area (Å²) in [5.41, 5.74) is 11.3. The molecule has 1 fully saturated rings. The smallest absolute Gasteiger partial charge is 0.241 e. The van der Waals surface area contributed by atoms with Crippen LogP contribution in [-0.2, 0) is 19.6 Å². The number of rotatable bonds is 9. The second-order valence-electron chi connectivity index (χ2n) is 6.84. The van der Waals surface area contributed by atoms with Crippen LogP contribution in [0, 0.1) is 5.92 Å². The molecule has 10 heteroatoms. The number of piperidine rings is 1. The van der Waals surface area contributed by atoms with E-state index >= 15 is 0 Å². The summed E-state index contributed by atoms with van der Waals surface area (Å²) in [6.07, 6.45) is 2.87. The topological polar surface area (TPSA) is 148 Å². The van der Waals surface area contributed by atoms with Gasteiger partial charge in [0.05, 0.1) is 11.4 Å². The third-order valence-corrected chi connectivity index (χ3v) is 6.15. The standard InChI is InChI=1S/C18H29N5O4S/c19-8-4-14-6-10-23(11-7-14)18(25)13-21-28(26,27)16-3-1-2-15(12-16)22-17(24)5-9-20/h1-3,12,14,21H,4-11,13,19-20H2,(H,22,24). The zero-order valence-corrected chi connectivity index (χ0v) is 16.7. The summed E-state index contributed by atoms with van der Waals surface area (Å²) in [6, 6.07) is 5.87. The van der Waals surface area contributed by atoms with Crippen molar-refractivity contribution in [3.8, 4) is 0 Å². The number of likely N-dealkylation sites (tertiary alicyclic amines) is 1. The highest BCUT2D eigenvalue weighted by Crippen LogP contribution is 2.20. The molecule has 9 nitrogen and oxygen atoms in total. The van der Waals surface area contributed by atoms with Crippen molar-refractivity contribution in [2.75, 3.05) is 38.0 Å². The molecule has 28 heavy (non-hydrogen) atoms. The Kier molecular flexibility index (Phi) is 8.36. The average molecular weight is 412 g/mol. The van der Waals surface area contributed by atoms with Gasteiger partial charge in [-0.15, -0.1) is 0 Å². The Balaban J connectivity index is 1.91. The highest BCUT2D eigenvalue weighted by molar-refractivity contribution is 7.89. The zero-order valence-electron chi connectivity index (χ0n) is 15.9. The molecule has 6 N–H and O–H groups in total. The van der Waals surface area contributed by atoms with E-state index in [1.54, 1.807) is 11.0 Å². The molecule has 156 valence electrons.